The summed E-state index contributed by atoms with van der Waals surface area (Å²) in [5, 5.41) is 8.15. The summed E-state index contributed by atoms with van der Waals surface area (Å²) in [6.45, 7) is 4.53. The number of hydrogen-bond donors (Lipinski definition) is 0. The molecule has 0 saturated heterocycles. The lowest BCUT2D eigenvalue weighted by atomic mass is 10.3. The first-order chi connectivity index (χ1) is 13.5. The van der Waals surface area contributed by atoms with E-state index in [1.807, 2.05) is 13.8 Å². The van der Waals surface area contributed by atoms with E-state index in [0.717, 1.165) is 4.68 Å². The van der Waals surface area contributed by atoms with E-state index in [2.05, 4.69) is 15.2 Å². The van der Waals surface area contributed by atoms with E-state index in [1.165, 1.54) is 0 Å². The molecule has 0 N–H and O–H groups in total. The fraction of sp³-hybridized carbons (Fsp3) is 0.353. The summed E-state index contributed by atoms with van der Waals surface area (Å²) < 4.78 is 16.5. The third-order valence-corrected chi connectivity index (χ3v) is 4.16. The Bertz CT molecular complexity index is 1010. The van der Waals surface area contributed by atoms with Crippen molar-refractivity contribution in [3.05, 3.63) is 45.7 Å². The maximum absolute atomic E-state index is 12.1. The van der Waals surface area contributed by atoms with Crippen molar-refractivity contribution in [1.82, 2.24) is 24.8 Å². The molecule has 0 spiro atoms. The van der Waals surface area contributed by atoms with E-state index >= 15 is 0 Å². The molecular formula is C17H18ClN5O5. The zero-order chi connectivity index (χ0) is 20.1. The zero-order valence-electron chi connectivity index (χ0n) is 15.3. The largest absolute Gasteiger partial charge is 0.484 e. The first-order valence-corrected chi connectivity index (χ1v) is 8.95. The normalized spacial score (nSPS) is 10.8. The smallest absolute Gasteiger partial charge is 0.438 e. The Labute approximate surface area is 164 Å². The Hall–Kier alpha value is -3.14. The minimum Gasteiger partial charge on any atom is -0.484 e. The number of ether oxygens (including phenoxy) is 1. The van der Waals surface area contributed by atoms with Crippen molar-refractivity contribution in [2.75, 3.05) is 13.1 Å². The van der Waals surface area contributed by atoms with Crippen LogP contribution in [0.4, 0.5) is 0 Å². The van der Waals surface area contributed by atoms with Gasteiger partial charge in [0.25, 0.3) is 0 Å². The first-order valence-electron chi connectivity index (χ1n) is 8.57. The van der Waals surface area contributed by atoms with Crippen molar-refractivity contribution in [3.8, 4) is 17.5 Å². The number of halogens is 1. The van der Waals surface area contributed by atoms with E-state index in [-0.39, 0.29) is 36.7 Å². The number of amides is 1. The van der Waals surface area contributed by atoms with E-state index in [1.54, 1.807) is 29.2 Å². The molecule has 0 radical (unpaired) electrons. The second-order valence-corrected chi connectivity index (χ2v) is 6.04. The van der Waals surface area contributed by atoms with Crippen LogP contribution in [0.25, 0.3) is 11.8 Å². The molecular weight excluding hydrogens is 390 g/mol. The van der Waals surface area contributed by atoms with Crippen molar-refractivity contribution in [1.29, 1.82) is 0 Å². The molecule has 2 aromatic heterocycles. The number of aromatic nitrogens is 4. The number of carbonyl (C=O) groups is 1. The highest BCUT2D eigenvalue weighted by molar-refractivity contribution is 6.32. The van der Waals surface area contributed by atoms with Crippen molar-refractivity contribution < 1.29 is 18.5 Å². The van der Waals surface area contributed by atoms with Crippen LogP contribution >= 0.6 is 11.6 Å². The highest BCUT2D eigenvalue weighted by atomic mass is 35.5. The molecule has 2 heterocycles. The molecule has 28 heavy (non-hydrogen) atoms. The molecule has 1 amide bonds. The second-order valence-electron chi connectivity index (χ2n) is 5.63. The first kappa shape index (κ1) is 19.6. The third kappa shape index (κ3) is 4.39. The molecule has 0 aliphatic carbocycles. The number of hydrogen-bond acceptors (Lipinski definition) is 8. The van der Waals surface area contributed by atoms with Crippen molar-refractivity contribution in [2.45, 2.75) is 27.0 Å². The highest BCUT2D eigenvalue weighted by Gasteiger charge is 2.20. The second kappa shape index (κ2) is 8.70. The quantitative estimate of drug-likeness (QED) is 0.556. The van der Waals surface area contributed by atoms with Crippen molar-refractivity contribution in [2.24, 2.45) is 0 Å². The molecule has 3 rings (SSSR count). The van der Waals surface area contributed by atoms with Crippen LogP contribution < -0.4 is 10.5 Å². The molecule has 1 aromatic carbocycles. The van der Waals surface area contributed by atoms with E-state index < -0.39 is 5.76 Å². The summed E-state index contributed by atoms with van der Waals surface area (Å²) >= 11 is 6.01. The molecule has 11 heteroatoms. The topological polar surface area (TPSA) is 116 Å². The van der Waals surface area contributed by atoms with Gasteiger partial charge in [-0.05, 0) is 26.0 Å². The minimum absolute atomic E-state index is 0.00137. The van der Waals surface area contributed by atoms with Gasteiger partial charge in [-0.1, -0.05) is 28.9 Å². The van der Waals surface area contributed by atoms with E-state index in [9.17, 15) is 9.59 Å². The average molecular weight is 408 g/mol. The predicted octanol–water partition coefficient (Wildman–Crippen LogP) is 1.99. The molecule has 3 aromatic rings. The summed E-state index contributed by atoms with van der Waals surface area (Å²) in [7, 11) is 0. The standard InChI is InChI=1S/C17H18ClN5O5/c1-3-22(4-2)14(24)9-23-17(25)27-16(20-23)15-19-13(21-28-15)10-26-12-8-6-5-7-11(12)18/h5-8H,3-4,9-10H2,1-2H3. The van der Waals surface area contributed by atoms with Gasteiger partial charge in [0.2, 0.25) is 11.7 Å². The molecule has 0 atom stereocenters. The van der Waals surface area contributed by atoms with E-state index in [4.69, 9.17) is 25.3 Å². The van der Waals surface area contributed by atoms with Crippen LogP contribution in [0.15, 0.2) is 38.0 Å². The van der Waals surface area contributed by atoms with Gasteiger partial charge in [-0.25, -0.2) is 4.79 Å². The third-order valence-electron chi connectivity index (χ3n) is 3.85. The summed E-state index contributed by atoms with van der Waals surface area (Å²) in [4.78, 5) is 29.7. The van der Waals surface area contributed by atoms with Gasteiger partial charge in [0.1, 0.15) is 12.3 Å². The maximum atomic E-state index is 12.1. The SMILES string of the molecule is CCN(CC)C(=O)Cn1nc(-c2nc(COc3ccccc3Cl)no2)oc1=O. The van der Waals surface area contributed by atoms with Crippen molar-refractivity contribution in [3.63, 3.8) is 0 Å². The number of nitrogens with zero attached hydrogens (tertiary/aromatic N) is 5. The van der Waals surface area contributed by atoms with Crippen LogP contribution in [0.3, 0.4) is 0 Å². The lowest BCUT2D eigenvalue weighted by Crippen LogP contribution is -2.35. The molecule has 0 fully saturated rings. The Kier molecular flexibility index (Phi) is 6.09. The van der Waals surface area contributed by atoms with Gasteiger partial charge >= 0.3 is 17.5 Å². The summed E-state index contributed by atoms with van der Waals surface area (Å²) in [6, 6.07) is 6.96. The van der Waals surface area contributed by atoms with Crippen LogP contribution in [0, 0.1) is 0 Å². The summed E-state index contributed by atoms with van der Waals surface area (Å²) in [5.41, 5.74) is 0. The Morgan fingerprint density at radius 1 is 1.25 bits per heavy atom. The lowest BCUT2D eigenvalue weighted by molar-refractivity contribution is -0.131. The Morgan fingerprint density at radius 2 is 2.00 bits per heavy atom. The molecule has 0 unspecified atom stereocenters. The fourth-order valence-electron chi connectivity index (χ4n) is 2.40. The summed E-state index contributed by atoms with van der Waals surface area (Å²) in [6.07, 6.45) is 0. The minimum atomic E-state index is -0.789. The monoisotopic (exact) mass is 407 g/mol. The number of para-hydroxylation sites is 1. The van der Waals surface area contributed by atoms with Crippen LogP contribution in [0.1, 0.15) is 19.7 Å². The molecule has 148 valence electrons. The number of rotatable bonds is 8. The molecule has 0 saturated carbocycles. The number of benzene rings is 1. The van der Waals surface area contributed by atoms with Gasteiger partial charge < -0.3 is 18.6 Å². The molecule has 0 bridgehead atoms. The van der Waals surface area contributed by atoms with Gasteiger partial charge in [-0.15, -0.1) is 5.10 Å². The fourth-order valence-corrected chi connectivity index (χ4v) is 2.59. The highest BCUT2D eigenvalue weighted by Crippen LogP contribution is 2.24. The van der Waals surface area contributed by atoms with Crippen molar-refractivity contribution >= 4 is 17.5 Å². The van der Waals surface area contributed by atoms with Gasteiger partial charge in [0.05, 0.1) is 5.02 Å². The average Bonchev–Trinajstić information content (AvgIpc) is 3.29. The zero-order valence-corrected chi connectivity index (χ0v) is 16.0. The Morgan fingerprint density at radius 3 is 2.71 bits per heavy atom. The summed E-state index contributed by atoms with van der Waals surface area (Å²) in [5.74, 6) is -0.612. The molecule has 0 aliphatic heterocycles. The number of carbonyl (C=O) groups excluding carboxylic acids is 1. The Balaban J connectivity index is 1.69. The number of likely N-dealkylation sites (N-methyl/N-ethyl adjacent to an activating group) is 1. The van der Waals surface area contributed by atoms with Gasteiger partial charge in [0.15, 0.2) is 6.61 Å². The van der Waals surface area contributed by atoms with Crippen LogP contribution in [-0.2, 0) is 17.9 Å². The van der Waals surface area contributed by atoms with Gasteiger partial charge in [0, 0.05) is 13.1 Å². The lowest BCUT2D eigenvalue weighted by Gasteiger charge is -2.17. The predicted molar refractivity (Wildman–Crippen MR) is 97.8 cm³/mol. The molecule has 10 nitrogen and oxygen atoms in total. The van der Waals surface area contributed by atoms with E-state index in [0.29, 0.717) is 23.9 Å². The van der Waals surface area contributed by atoms with Gasteiger partial charge in [-0.2, -0.15) is 9.67 Å². The van der Waals surface area contributed by atoms with Crippen LogP contribution in [0.2, 0.25) is 5.02 Å². The van der Waals surface area contributed by atoms with Gasteiger partial charge in [-0.3, -0.25) is 4.79 Å². The molecule has 0 aliphatic rings. The maximum Gasteiger partial charge on any atom is 0.438 e. The van der Waals surface area contributed by atoms with Crippen LogP contribution in [-0.4, -0.2) is 43.8 Å². The van der Waals surface area contributed by atoms with Crippen LogP contribution in [0.5, 0.6) is 5.75 Å².